The molecule has 0 aliphatic rings. The van der Waals surface area contributed by atoms with Crippen LogP contribution in [0.3, 0.4) is 0 Å². The first-order valence-corrected chi connectivity index (χ1v) is 2.40. The van der Waals surface area contributed by atoms with Gasteiger partial charge in [-0.1, -0.05) is 24.3 Å². The molecule has 0 bridgehead atoms. The second-order valence-corrected chi connectivity index (χ2v) is 1.63. The Kier molecular flexibility index (Phi) is 4.51. The van der Waals surface area contributed by atoms with E-state index in [1.807, 2.05) is 12.1 Å². The van der Waals surface area contributed by atoms with Gasteiger partial charge in [-0.05, 0) is 0 Å². The van der Waals surface area contributed by atoms with Crippen molar-refractivity contribution < 1.29 is 32.7 Å². The summed E-state index contributed by atoms with van der Waals surface area (Å²) >= 11 is 0. The van der Waals surface area contributed by atoms with Crippen molar-refractivity contribution in [1.29, 1.82) is 0 Å². The fourth-order valence-corrected chi connectivity index (χ4v) is 0.511. The van der Waals surface area contributed by atoms with Gasteiger partial charge in [0.25, 0.3) is 0 Å². The zero-order valence-corrected chi connectivity index (χ0v) is 7.88. The quantitative estimate of drug-likeness (QED) is 0.469. The first kappa shape index (κ1) is 9.45. The van der Waals surface area contributed by atoms with E-state index in [1.165, 1.54) is 0 Å². The van der Waals surface area contributed by atoms with Crippen LogP contribution in [0.2, 0.25) is 0 Å². The molecule has 0 N–H and O–H groups in total. The van der Waals surface area contributed by atoms with Crippen molar-refractivity contribution in [2.75, 3.05) is 0 Å². The van der Waals surface area contributed by atoms with Crippen LogP contribution in [0.25, 0.3) is 0 Å². The first-order chi connectivity index (χ1) is 3.80. The molecule has 0 saturated carbocycles. The third-order valence-corrected chi connectivity index (χ3v) is 0.996. The van der Waals surface area contributed by atoms with Crippen molar-refractivity contribution in [3.05, 3.63) is 24.3 Å². The van der Waals surface area contributed by atoms with Crippen molar-refractivity contribution in [2.24, 2.45) is 0 Å². The van der Waals surface area contributed by atoms with Gasteiger partial charge in [0.15, 0.2) is 0 Å². The maximum atomic E-state index is 5.39. The Hall–Kier alpha value is 0.454. The van der Waals surface area contributed by atoms with Crippen molar-refractivity contribution in [3.8, 4) is 0 Å². The van der Waals surface area contributed by atoms with E-state index in [-0.39, 0.29) is 32.7 Å². The molecule has 0 saturated heterocycles. The molecule has 0 spiro atoms. The van der Waals surface area contributed by atoms with Crippen LogP contribution in [0.1, 0.15) is 0 Å². The molecule has 1 rings (SSSR count). The largest absolute Gasteiger partial charge is 0.112 e. The Balaban J connectivity index is 0.000000640. The van der Waals surface area contributed by atoms with Gasteiger partial charge in [0, 0.05) is 32.7 Å². The van der Waals surface area contributed by atoms with Crippen molar-refractivity contribution in [1.82, 2.24) is 0 Å². The maximum absolute atomic E-state index is 5.39. The Morgan fingerprint density at radius 2 is 1.22 bits per heavy atom. The minimum absolute atomic E-state index is 0. The van der Waals surface area contributed by atoms with Crippen LogP contribution >= 0.6 is 0 Å². The minimum Gasteiger partial charge on any atom is -0.104 e. The van der Waals surface area contributed by atoms with Gasteiger partial charge in [-0.2, -0.15) is 0 Å². The van der Waals surface area contributed by atoms with Crippen LogP contribution in [0.15, 0.2) is 24.3 Å². The van der Waals surface area contributed by atoms with Gasteiger partial charge >= 0.3 is 0 Å². The predicted octanol–water partition coefficient (Wildman–Crippen LogP) is -0.728. The van der Waals surface area contributed by atoms with Gasteiger partial charge in [-0.25, -0.2) is 0 Å². The third-order valence-electron chi connectivity index (χ3n) is 0.996. The minimum atomic E-state index is 0. The van der Waals surface area contributed by atoms with Gasteiger partial charge in [0.1, 0.15) is 15.7 Å². The molecular formula is C6H4B2Y. The number of benzene rings is 1. The fraction of sp³-hybridized carbons (Fsp3) is 0. The molecule has 1 aromatic carbocycles. The monoisotopic (exact) mass is 187 g/mol. The molecule has 37 valence electrons. The second kappa shape index (κ2) is 4.30. The summed E-state index contributed by atoms with van der Waals surface area (Å²) in [7, 11) is 10.8. The second-order valence-electron chi connectivity index (χ2n) is 1.63. The summed E-state index contributed by atoms with van der Waals surface area (Å²) in [6.07, 6.45) is 0. The summed E-state index contributed by atoms with van der Waals surface area (Å²) in [5.74, 6) is 0. The molecule has 0 unspecified atom stereocenters. The third kappa shape index (κ3) is 2.68. The molecule has 9 heavy (non-hydrogen) atoms. The molecule has 0 fully saturated rings. The molecule has 5 radical (unpaired) electrons. The molecule has 0 atom stereocenters. The smallest absolute Gasteiger partial charge is 0.104 e. The molecule has 3 heteroatoms. The van der Waals surface area contributed by atoms with E-state index in [9.17, 15) is 0 Å². The maximum Gasteiger partial charge on any atom is 0.112 e. The zero-order valence-electron chi connectivity index (χ0n) is 5.04. The Morgan fingerprint density at radius 3 is 1.44 bits per heavy atom. The number of hydrogen-bond donors (Lipinski definition) is 0. The topological polar surface area (TPSA) is 0 Å². The van der Waals surface area contributed by atoms with Crippen molar-refractivity contribution >= 4 is 26.6 Å². The van der Waals surface area contributed by atoms with E-state index in [0.717, 1.165) is 0 Å². The SMILES string of the molecule is [B]c1ccccc1[B].[Y]. The van der Waals surface area contributed by atoms with E-state index in [4.69, 9.17) is 15.7 Å². The summed E-state index contributed by atoms with van der Waals surface area (Å²) in [5.41, 5.74) is 1.29. The summed E-state index contributed by atoms with van der Waals surface area (Å²) in [6.45, 7) is 0. The molecule has 0 amide bonds. The molecule has 0 aromatic heterocycles. The average Bonchev–Trinajstić information content (AvgIpc) is 1.77. The number of rotatable bonds is 0. The summed E-state index contributed by atoms with van der Waals surface area (Å²) < 4.78 is 0. The predicted molar refractivity (Wildman–Crippen MR) is 37.2 cm³/mol. The van der Waals surface area contributed by atoms with E-state index in [1.54, 1.807) is 12.1 Å². The van der Waals surface area contributed by atoms with Crippen LogP contribution < -0.4 is 10.9 Å². The number of hydrogen-bond acceptors (Lipinski definition) is 0. The summed E-state index contributed by atoms with van der Waals surface area (Å²) in [5, 5.41) is 0. The molecule has 0 aliphatic heterocycles. The standard InChI is InChI=1S/C6H4B2.Y/c7-5-3-1-2-4-6(5)8;/h1-4H;. The van der Waals surface area contributed by atoms with Gasteiger partial charge in [0.2, 0.25) is 0 Å². The van der Waals surface area contributed by atoms with Crippen LogP contribution in [-0.4, -0.2) is 15.7 Å². The summed E-state index contributed by atoms with van der Waals surface area (Å²) in [6, 6.07) is 7.25. The van der Waals surface area contributed by atoms with Gasteiger partial charge < -0.3 is 0 Å². The van der Waals surface area contributed by atoms with Gasteiger partial charge in [-0.15, -0.1) is 10.9 Å². The normalized spacial score (nSPS) is 8.00. The first-order valence-electron chi connectivity index (χ1n) is 2.40. The zero-order chi connectivity index (χ0) is 5.98. The van der Waals surface area contributed by atoms with Gasteiger partial charge in [-0.3, -0.25) is 0 Å². The van der Waals surface area contributed by atoms with Gasteiger partial charge in [0.05, 0.1) is 0 Å². The van der Waals surface area contributed by atoms with E-state index in [2.05, 4.69) is 0 Å². The van der Waals surface area contributed by atoms with Crippen LogP contribution in [0.5, 0.6) is 0 Å². The summed E-state index contributed by atoms with van der Waals surface area (Å²) in [4.78, 5) is 0. The molecule has 0 nitrogen and oxygen atoms in total. The molecule has 1 aromatic rings. The average molecular weight is 187 g/mol. The van der Waals surface area contributed by atoms with Crippen molar-refractivity contribution in [3.63, 3.8) is 0 Å². The van der Waals surface area contributed by atoms with E-state index >= 15 is 0 Å². The van der Waals surface area contributed by atoms with Crippen molar-refractivity contribution in [2.45, 2.75) is 0 Å². The Morgan fingerprint density at radius 1 is 0.889 bits per heavy atom. The van der Waals surface area contributed by atoms with Crippen LogP contribution in [0.4, 0.5) is 0 Å². The van der Waals surface area contributed by atoms with Crippen LogP contribution in [0, 0.1) is 0 Å². The molecular weight excluding hydrogens is 183 g/mol. The van der Waals surface area contributed by atoms with E-state index < -0.39 is 0 Å². The Bertz CT molecular complexity index is 167. The van der Waals surface area contributed by atoms with E-state index in [0.29, 0.717) is 10.9 Å². The Labute approximate surface area is 83.1 Å². The molecule has 0 aliphatic carbocycles. The van der Waals surface area contributed by atoms with Crippen LogP contribution in [-0.2, 0) is 32.7 Å². The molecule has 0 heterocycles. The fourth-order valence-electron chi connectivity index (χ4n) is 0.511.